The van der Waals surface area contributed by atoms with Crippen molar-refractivity contribution in [1.82, 2.24) is 4.98 Å². The maximum Gasteiger partial charge on any atom is 0.0544 e. The first-order chi connectivity index (χ1) is 13.6. The highest BCUT2D eigenvalue weighted by Gasteiger charge is 2.18. The summed E-state index contributed by atoms with van der Waals surface area (Å²) in [6.07, 6.45) is 0. The number of benzene rings is 3. The normalized spacial score (nSPS) is 12.5. The van der Waals surface area contributed by atoms with Crippen LogP contribution in [0.1, 0.15) is 52.7 Å². The van der Waals surface area contributed by atoms with E-state index in [1.54, 1.807) is 0 Å². The fourth-order valence-corrected chi connectivity index (χ4v) is 3.93. The Labute approximate surface area is 174 Å². The summed E-state index contributed by atoms with van der Waals surface area (Å²) in [6.45, 7) is 13.6. The minimum absolute atomic E-state index is 0.157. The Morgan fingerprint density at radius 3 is 1.55 bits per heavy atom. The van der Waals surface area contributed by atoms with Gasteiger partial charge in [-0.25, -0.2) is 0 Å². The van der Waals surface area contributed by atoms with E-state index in [4.69, 9.17) is 0 Å². The van der Waals surface area contributed by atoms with Crippen molar-refractivity contribution >= 4 is 10.9 Å². The lowest BCUT2D eigenvalue weighted by molar-refractivity contribution is 0.590. The standard InChI is InChI=1S/C28H31N/c1-27(2,3)21-15-11-19(12-16-21)25-23-9-7-8-10-24(23)29-26(25)20-13-17-22(18-14-20)28(4,5)6/h7-18,29H,1-6H3. The average molecular weight is 382 g/mol. The summed E-state index contributed by atoms with van der Waals surface area (Å²) < 4.78 is 0. The van der Waals surface area contributed by atoms with Gasteiger partial charge in [-0.3, -0.25) is 0 Å². The lowest BCUT2D eigenvalue weighted by Gasteiger charge is -2.20. The van der Waals surface area contributed by atoms with Gasteiger partial charge >= 0.3 is 0 Å². The minimum Gasteiger partial charge on any atom is -0.354 e. The first-order valence-corrected chi connectivity index (χ1v) is 10.5. The maximum atomic E-state index is 3.68. The van der Waals surface area contributed by atoms with E-state index in [-0.39, 0.29) is 10.8 Å². The lowest BCUT2D eigenvalue weighted by atomic mass is 9.85. The predicted octanol–water partition coefficient (Wildman–Crippen LogP) is 8.10. The van der Waals surface area contributed by atoms with Gasteiger partial charge in [0.15, 0.2) is 0 Å². The van der Waals surface area contributed by atoms with Gasteiger partial charge in [-0.1, -0.05) is 108 Å². The molecule has 29 heavy (non-hydrogen) atoms. The SMILES string of the molecule is CC(C)(C)c1ccc(-c2[nH]c3ccccc3c2-c2ccc(C(C)(C)C)cc2)cc1. The van der Waals surface area contributed by atoms with Crippen molar-refractivity contribution in [3.05, 3.63) is 83.9 Å². The Balaban J connectivity index is 1.88. The van der Waals surface area contributed by atoms with Crippen molar-refractivity contribution in [2.24, 2.45) is 0 Å². The van der Waals surface area contributed by atoms with E-state index in [2.05, 4.69) is 119 Å². The summed E-state index contributed by atoms with van der Waals surface area (Å²) >= 11 is 0. The van der Waals surface area contributed by atoms with Gasteiger partial charge in [-0.05, 0) is 39.2 Å². The fraction of sp³-hybridized carbons (Fsp3) is 0.286. The highest BCUT2D eigenvalue weighted by molar-refractivity contribution is 6.03. The van der Waals surface area contributed by atoms with Crippen LogP contribution in [0, 0.1) is 0 Å². The lowest BCUT2D eigenvalue weighted by Crippen LogP contribution is -2.10. The minimum atomic E-state index is 0.157. The van der Waals surface area contributed by atoms with Gasteiger partial charge < -0.3 is 4.98 Å². The number of fused-ring (bicyclic) bond motifs is 1. The zero-order chi connectivity index (χ0) is 20.8. The average Bonchev–Trinajstić information content (AvgIpc) is 3.06. The maximum absolute atomic E-state index is 3.68. The van der Waals surface area contributed by atoms with Crippen LogP contribution in [0.3, 0.4) is 0 Å². The molecule has 0 aliphatic carbocycles. The van der Waals surface area contributed by atoms with E-state index in [1.165, 1.54) is 44.4 Å². The van der Waals surface area contributed by atoms with Crippen LogP contribution in [-0.2, 0) is 10.8 Å². The van der Waals surface area contributed by atoms with Crippen molar-refractivity contribution in [3.8, 4) is 22.4 Å². The Kier molecular flexibility index (Phi) is 4.65. The van der Waals surface area contributed by atoms with Crippen LogP contribution < -0.4 is 0 Å². The number of hydrogen-bond donors (Lipinski definition) is 1. The summed E-state index contributed by atoms with van der Waals surface area (Å²) in [4.78, 5) is 3.68. The Hall–Kier alpha value is -2.80. The third-order valence-corrected chi connectivity index (χ3v) is 5.79. The largest absolute Gasteiger partial charge is 0.354 e. The van der Waals surface area contributed by atoms with Gasteiger partial charge in [-0.2, -0.15) is 0 Å². The van der Waals surface area contributed by atoms with Crippen molar-refractivity contribution in [2.45, 2.75) is 52.4 Å². The smallest absolute Gasteiger partial charge is 0.0544 e. The Bertz CT molecular complexity index is 1130. The molecule has 1 N–H and O–H groups in total. The number of H-pyrrole nitrogens is 1. The quantitative estimate of drug-likeness (QED) is 0.361. The number of para-hydroxylation sites is 1. The second-order valence-corrected chi connectivity index (χ2v) is 10.1. The van der Waals surface area contributed by atoms with Crippen LogP contribution in [0.5, 0.6) is 0 Å². The summed E-state index contributed by atoms with van der Waals surface area (Å²) in [6, 6.07) is 26.7. The summed E-state index contributed by atoms with van der Waals surface area (Å²) in [5.74, 6) is 0. The molecule has 0 atom stereocenters. The first kappa shape index (κ1) is 19.5. The number of aromatic nitrogens is 1. The molecule has 0 aliphatic rings. The molecule has 1 heteroatoms. The number of rotatable bonds is 2. The van der Waals surface area contributed by atoms with E-state index in [0.717, 1.165) is 0 Å². The third-order valence-electron chi connectivity index (χ3n) is 5.79. The molecule has 4 aromatic rings. The van der Waals surface area contributed by atoms with Crippen LogP contribution in [0.2, 0.25) is 0 Å². The summed E-state index contributed by atoms with van der Waals surface area (Å²) in [7, 11) is 0. The van der Waals surface area contributed by atoms with Gasteiger partial charge in [0, 0.05) is 16.5 Å². The molecule has 0 saturated carbocycles. The van der Waals surface area contributed by atoms with Gasteiger partial charge in [0.1, 0.15) is 0 Å². The molecule has 148 valence electrons. The van der Waals surface area contributed by atoms with Gasteiger partial charge in [0.2, 0.25) is 0 Å². The van der Waals surface area contributed by atoms with Crippen molar-refractivity contribution in [1.29, 1.82) is 0 Å². The summed E-state index contributed by atoms with van der Waals surface area (Å²) in [5, 5.41) is 1.27. The Morgan fingerprint density at radius 2 is 1.03 bits per heavy atom. The molecular formula is C28H31N. The molecule has 0 spiro atoms. The van der Waals surface area contributed by atoms with Crippen LogP contribution in [-0.4, -0.2) is 4.98 Å². The predicted molar refractivity (Wildman–Crippen MR) is 127 cm³/mol. The molecule has 0 aliphatic heterocycles. The van der Waals surface area contributed by atoms with E-state index < -0.39 is 0 Å². The van der Waals surface area contributed by atoms with Crippen molar-refractivity contribution in [2.75, 3.05) is 0 Å². The molecule has 0 radical (unpaired) electrons. The molecule has 1 nitrogen and oxygen atoms in total. The molecular weight excluding hydrogens is 350 g/mol. The molecule has 3 aromatic carbocycles. The van der Waals surface area contributed by atoms with Gasteiger partial charge in [0.25, 0.3) is 0 Å². The van der Waals surface area contributed by atoms with Gasteiger partial charge in [0.05, 0.1) is 5.69 Å². The highest BCUT2D eigenvalue weighted by atomic mass is 14.7. The van der Waals surface area contributed by atoms with Crippen molar-refractivity contribution in [3.63, 3.8) is 0 Å². The van der Waals surface area contributed by atoms with E-state index >= 15 is 0 Å². The fourth-order valence-electron chi connectivity index (χ4n) is 3.93. The first-order valence-electron chi connectivity index (χ1n) is 10.5. The van der Waals surface area contributed by atoms with Gasteiger partial charge in [-0.15, -0.1) is 0 Å². The molecule has 0 saturated heterocycles. The second-order valence-electron chi connectivity index (χ2n) is 10.1. The zero-order valence-corrected chi connectivity index (χ0v) is 18.4. The van der Waals surface area contributed by atoms with E-state index in [1.807, 2.05) is 0 Å². The molecule has 1 heterocycles. The molecule has 1 aromatic heterocycles. The van der Waals surface area contributed by atoms with Crippen molar-refractivity contribution < 1.29 is 0 Å². The number of hydrogen-bond acceptors (Lipinski definition) is 0. The number of aromatic amines is 1. The van der Waals surface area contributed by atoms with E-state index in [9.17, 15) is 0 Å². The number of nitrogens with one attached hydrogen (secondary N) is 1. The monoisotopic (exact) mass is 381 g/mol. The van der Waals surface area contributed by atoms with Crippen LogP contribution >= 0.6 is 0 Å². The molecule has 0 unspecified atom stereocenters. The molecule has 0 fully saturated rings. The van der Waals surface area contributed by atoms with Crippen LogP contribution in [0.25, 0.3) is 33.3 Å². The highest BCUT2D eigenvalue weighted by Crippen LogP contribution is 2.39. The third kappa shape index (κ3) is 3.74. The Morgan fingerprint density at radius 1 is 0.552 bits per heavy atom. The van der Waals surface area contributed by atoms with E-state index in [0.29, 0.717) is 0 Å². The molecule has 4 rings (SSSR count). The topological polar surface area (TPSA) is 15.8 Å². The zero-order valence-electron chi connectivity index (χ0n) is 18.4. The second kappa shape index (κ2) is 6.91. The van der Waals surface area contributed by atoms with Crippen LogP contribution in [0.4, 0.5) is 0 Å². The van der Waals surface area contributed by atoms with Crippen LogP contribution in [0.15, 0.2) is 72.8 Å². The summed E-state index contributed by atoms with van der Waals surface area (Å²) in [5.41, 5.74) is 9.16. The molecule has 0 amide bonds. The molecule has 0 bridgehead atoms.